The molecule has 3 N–H and O–H groups in total. The highest BCUT2D eigenvalue weighted by Crippen LogP contribution is 2.28. The Kier molecular flexibility index (Phi) is 6.52. The Hall–Kier alpha value is -0.610. The van der Waals surface area contributed by atoms with Gasteiger partial charge in [0.1, 0.15) is 0 Å². The summed E-state index contributed by atoms with van der Waals surface area (Å²) in [5.41, 5.74) is 5.61. The summed E-state index contributed by atoms with van der Waals surface area (Å²) < 4.78 is 5.46. The molecular weight excluding hydrogens is 216 g/mol. The van der Waals surface area contributed by atoms with Crippen molar-refractivity contribution in [2.24, 2.45) is 23.5 Å². The van der Waals surface area contributed by atoms with Gasteiger partial charge in [0.05, 0.1) is 12.5 Å². The lowest BCUT2D eigenvalue weighted by molar-refractivity contribution is -0.125. The summed E-state index contributed by atoms with van der Waals surface area (Å²) in [4.78, 5) is 11.8. The van der Waals surface area contributed by atoms with Gasteiger partial charge in [-0.2, -0.15) is 0 Å². The molecule has 1 amide bonds. The molecule has 0 heterocycles. The minimum absolute atomic E-state index is 0.0570. The third kappa shape index (κ3) is 6.64. The molecule has 1 saturated carbocycles. The Morgan fingerprint density at radius 3 is 2.71 bits per heavy atom. The van der Waals surface area contributed by atoms with Gasteiger partial charge in [-0.15, -0.1) is 0 Å². The summed E-state index contributed by atoms with van der Waals surface area (Å²) in [6.45, 7) is 6.69. The summed E-state index contributed by atoms with van der Waals surface area (Å²) in [6, 6.07) is 0. The van der Waals surface area contributed by atoms with Crippen LogP contribution in [0.3, 0.4) is 0 Å². The van der Waals surface area contributed by atoms with Crippen molar-refractivity contribution in [1.29, 1.82) is 0 Å². The largest absolute Gasteiger partial charge is 0.379 e. The molecule has 17 heavy (non-hydrogen) atoms. The van der Waals surface area contributed by atoms with Crippen LogP contribution in [0, 0.1) is 17.8 Å². The second-order valence-electron chi connectivity index (χ2n) is 5.37. The molecule has 4 heteroatoms. The number of carbonyl (C=O) groups excluding carboxylic acids is 1. The van der Waals surface area contributed by atoms with Crippen molar-refractivity contribution < 1.29 is 9.53 Å². The first-order valence-corrected chi connectivity index (χ1v) is 6.69. The third-order valence-electron chi connectivity index (χ3n) is 3.01. The molecule has 0 aromatic heterocycles. The smallest absolute Gasteiger partial charge is 0.224 e. The van der Waals surface area contributed by atoms with Crippen molar-refractivity contribution >= 4 is 5.91 Å². The van der Waals surface area contributed by atoms with Crippen LogP contribution in [-0.4, -0.2) is 32.2 Å². The highest BCUT2D eigenvalue weighted by molar-refractivity contribution is 5.78. The van der Waals surface area contributed by atoms with Gasteiger partial charge in [0, 0.05) is 19.7 Å². The molecule has 0 aromatic rings. The minimum Gasteiger partial charge on any atom is -0.379 e. The van der Waals surface area contributed by atoms with E-state index in [0.717, 1.165) is 18.9 Å². The van der Waals surface area contributed by atoms with Crippen LogP contribution in [0.5, 0.6) is 0 Å². The number of carbonyl (C=O) groups is 1. The number of hydrogen-bond donors (Lipinski definition) is 2. The average molecular weight is 242 g/mol. The summed E-state index contributed by atoms with van der Waals surface area (Å²) in [6.07, 6.45) is 3.46. The maximum absolute atomic E-state index is 11.8. The van der Waals surface area contributed by atoms with E-state index in [1.807, 2.05) is 0 Å². The van der Waals surface area contributed by atoms with Crippen LogP contribution in [0.1, 0.15) is 33.1 Å². The van der Waals surface area contributed by atoms with Crippen LogP contribution in [0.4, 0.5) is 0 Å². The maximum Gasteiger partial charge on any atom is 0.224 e. The minimum atomic E-state index is -0.0570. The van der Waals surface area contributed by atoms with Gasteiger partial charge in [0.25, 0.3) is 0 Å². The lowest BCUT2D eigenvalue weighted by Crippen LogP contribution is -2.37. The summed E-state index contributed by atoms with van der Waals surface area (Å²) in [7, 11) is 0. The van der Waals surface area contributed by atoms with Crippen molar-refractivity contribution in [2.45, 2.75) is 33.1 Å². The zero-order valence-electron chi connectivity index (χ0n) is 11.1. The van der Waals surface area contributed by atoms with Crippen molar-refractivity contribution in [3.8, 4) is 0 Å². The lowest BCUT2D eigenvalue weighted by atomic mass is 9.96. The molecule has 1 aliphatic rings. The SMILES string of the molecule is CC(C)CC(CN)C(=O)NCCOCC1CC1. The van der Waals surface area contributed by atoms with Crippen LogP contribution >= 0.6 is 0 Å². The van der Waals surface area contributed by atoms with Crippen molar-refractivity contribution in [2.75, 3.05) is 26.3 Å². The first-order valence-electron chi connectivity index (χ1n) is 6.69. The summed E-state index contributed by atoms with van der Waals surface area (Å²) in [5.74, 6) is 1.29. The van der Waals surface area contributed by atoms with E-state index in [-0.39, 0.29) is 11.8 Å². The highest BCUT2D eigenvalue weighted by atomic mass is 16.5. The maximum atomic E-state index is 11.8. The molecule has 0 spiro atoms. The van der Waals surface area contributed by atoms with E-state index in [2.05, 4.69) is 19.2 Å². The number of nitrogens with two attached hydrogens (primary N) is 1. The van der Waals surface area contributed by atoms with E-state index in [9.17, 15) is 4.79 Å². The summed E-state index contributed by atoms with van der Waals surface area (Å²) >= 11 is 0. The van der Waals surface area contributed by atoms with Crippen LogP contribution in [-0.2, 0) is 9.53 Å². The second-order valence-corrected chi connectivity index (χ2v) is 5.37. The van der Waals surface area contributed by atoms with E-state index in [1.54, 1.807) is 0 Å². The van der Waals surface area contributed by atoms with Gasteiger partial charge < -0.3 is 15.8 Å². The normalized spacial score (nSPS) is 17.2. The van der Waals surface area contributed by atoms with Gasteiger partial charge in [-0.05, 0) is 31.1 Å². The van der Waals surface area contributed by atoms with E-state index < -0.39 is 0 Å². The predicted molar refractivity (Wildman–Crippen MR) is 68.6 cm³/mol. The molecule has 0 aromatic carbocycles. The van der Waals surface area contributed by atoms with E-state index >= 15 is 0 Å². The molecule has 4 nitrogen and oxygen atoms in total. The van der Waals surface area contributed by atoms with Crippen LogP contribution in [0.15, 0.2) is 0 Å². The molecule has 0 saturated heterocycles. The zero-order chi connectivity index (χ0) is 12.7. The molecule has 1 atom stereocenters. The Bertz CT molecular complexity index is 227. The first kappa shape index (κ1) is 14.5. The molecule has 1 fully saturated rings. The summed E-state index contributed by atoms with van der Waals surface area (Å²) in [5, 5.41) is 2.89. The van der Waals surface area contributed by atoms with Crippen molar-refractivity contribution in [3.05, 3.63) is 0 Å². The first-order chi connectivity index (χ1) is 8.13. The van der Waals surface area contributed by atoms with Crippen LogP contribution in [0.25, 0.3) is 0 Å². The van der Waals surface area contributed by atoms with Gasteiger partial charge in [-0.1, -0.05) is 13.8 Å². The Morgan fingerprint density at radius 1 is 1.47 bits per heavy atom. The number of rotatable bonds is 9. The van der Waals surface area contributed by atoms with Gasteiger partial charge in [-0.3, -0.25) is 4.79 Å². The topological polar surface area (TPSA) is 64.4 Å². The van der Waals surface area contributed by atoms with Crippen molar-refractivity contribution in [1.82, 2.24) is 5.32 Å². The van der Waals surface area contributed by atoms with Crippen LogP contribution in [0.2, 0.25) is 0 Å². The Morgan fingerprint density at radius 2 is 2.18 bits per heavy atom. The average Bonchev–Trinajstić information content (AvgIpc) is 3.08. The molecule has 100 valence electrons. The molecule has 1 unspecified atom stereocenters. The van der Waals surface area contributed by atoms with E-state index in [4.69, 9.17) is 10.5 Å². The molecule has 0 radical (unpaired) electrons. The fraction of sp³-hybridized carbons (Fsp3) is 0.923. The highest BCUT2D eigenvalue weighted by Gasteiger charge is 2.21. The Balaban J connectivity index is 2.04. The number of nitrogens with one attached hydrogen (secondary N) is 1. The molecular formula is C13H26N2O2. The standard InChI is InChI=1S/C13H26N2O2/c1-10(2)7-12(8-14)13(16)15-5-6-17-9-11-3-4-11/h10-12H,3-9,14H2,1-2H3,(H,15,16). The fourth-order valence-corrected chi connectivity index (χ4v) is 1.80. The van der Waals surface area contributed by atoms with Crippen molar-refractivity contribution in [3.63, 3.8) is 0 Å². The predicted octanol–water partition coefficient (Wildman–Crippen LogP) is 1.15. The van der Waals surface area contributed by atoms with E-state index in [1.165, 1.54) is 12.8 Å². The lowest BCUT2D eigenvalue weighted by Gasteiger charge is -2.16. The number of amides is 1. The quantitative estimate of drug-likeness (QED) is 0.596. The van der Waals surface area contributed by atoms with Gasteiger partial charge in [0.2, 0.25) is 5.91 Å². The zero-order valence-corrected chi connectivity index (χ0v) is 11.1. The third-order valence-corrected chi connectivity index (χ3v) is 3.01. The molecule has 0 bridgehead atoms. The number of hydrogen-bond acceptors (Lipinski definition) is 3. The molecule has 1 aliphatic carbocycles. The molecule has 0 aliphatic heterocycles. The van der Waals surface area contributed by atoms with Gasteiger partial charge >= 0.3 is 0 Å². The number of ether oxygens (including phenoxy) is 1. The van der Waals surface area contributed by atoms with Gasteiger partial charge in [0.15, 0.2) is 0 Å². The van der Waals surface area contributed by atoms with Gasteiger partial charge in [-0.25, -0.2) is 0 Å². The molecule has 1 rings (SSSR count). The van der Waals surface area contributed by atoms with Crippen LogP contribution < -0.4 is 11.1 Å². The second kappa shape index (κ2) is 7.67. The monoisotopic (exact) mass is 242 g/mol. The Labute approximate surface area is 104 Å². The van der Waals surface area contributed by atoms with E-state index in [0.29, 0.717) is 25.6 Å². The fourth-order valence-electron chi connectivity index (χ4n) is 1.80.